The lowest BCUT2D eigenvalue weighted by Gasteiger charge is -2.26. The van der Waals surface area contributed by atoms with E-state index in [1.807, 2.05) is 23.5 Å². The number of hydrogen-bond donors (Lipinski definition) is 0. The first-order chi connectivity index (χ1) is 24.2. The third-order valence-electron chi connectivity index (χ3n) is 9.64. The predicted molar refractivity (Wildman–Crippen MR) is 210 cm³/mol. The second kappa shape index (κ2) is 11.2. The van der Waals surface area contributed by atoms with Crippen LogP contribution in [0, 0.1) is 0 Å². The van der Waals surface area contributed by atoms with Gasteiger partial charge < -0.3 is 9.32 Å². The molecule has 2 nitrogen and oxygen atoms in total. The molecule has 8 aromatic carbocycles. The summed E-state index contributed by atoms with van der Waals surface area (Å²) in [6.45, 7) is 0. The maximum Gasteiger partial charge on any atom is 0.135 e. The maximum atomic E-state index is 6.20. The lowest BCUT2D eigenvalue weighted by molar-refractivity contribution is 0.669. The van der Waals surface area contributed by atoms with Gasteiger partial charge in [0.25, 0.3) is 0 Å². The minimum absolute atomic E-state index is 0.894. The van der Waals surface area contributed by atoms with Crippen LogP contribution in [0.5, 0.6) is 0 Å². The molecule has 0 radical (unpaired) electrons. The molecule has 0 aliphatic heterocycles. The smallest absolute Gasteiger partial charge is 0.135 e. The number of thiophene rings is 1. The van der Waals surface area contributed by atoms with Gasteiger partial charge in [-0.2, -0.15) is 0 Å². The standard InChI is InChI=1S/C46H29NOS/c1-2-9-32-27-35(17-16-30(32)8-1)34-11-7-10-33(26-34)31-18-20-36(21-19-31)47(37-22-24-44-41(28-37)39-12-3-5-14-43(39)48-44)38-23-25-46-42(29-38)40-13-4-6-15-45(40)49-46/h1-29H. The van der Waals surface area contributed by atoms with E-state index in [9.17, 15) is 0 Å². The lowest BCUT2D eigenvalue weighted by atomic mass is 9.97. The first-order valence-electron chi connectivity index (χ1n) is 16.6. The molecule has 3 heteroatoms. The molecule has 2 aromatic heterocycles. The number of benzene rings is 8. The molecular formula is C46H29NOS. The van der Waals surface area contributed by atoms with Crippen LogP contribution in [0.1, 0.15) is 0 Å². The molecule has 0 atom stereocenters. The molecule has 10 aromatic rings. The molecule has 0 fully saturated rings. The van der Waals surface area contributed by atoms with Crippen LogP contribution in [0.2, 0.25) is 0 Å². The first-order valence-corrected chi connectivity index (χ1v) is 17.4. The highest BCUT2D eigenvalue weighted by atomic mass is 32.1. The fraction of sp³-hybridized carbons (Fsp3) is 0. The quantitative estimate of drug-likeness (QED) is 0.186. The van der Waals surface area contributed by atoms with Gasteiger partial charge in [-0.1, -0.05) is 103 Å². The Labute approximate surface area is 287 Å². The first kappa shape index (κ1) is 27.9. The van der Waals surface area contributed by atoms with E-state index in [1.54, 1.807) is 0 Å². The van der Waals surface area contributed by atoms with Gasteiger partial charge in [0, 0.05) is 48.0 Å². The summed E-state index contributed by atoms with van der Waals surface area (Å²) in [4.78, 5) is 2.36. The van der Waals surface area contributed by atoms with Crippen molar-refractivity contribution in [3.05, 3.63) is 176 Å². The summed E-state index contributed by atoms with van der Waals surface area (Å²) in [5.74, 6) is 0. The summed E-state index contributed by atoms with van der Waals surface area (Å²) in [6, 6.07) is 63.4. The van der Waals surface area contributed by atoms with E-state index in [4.69, 9.17) is 4.42 Å². The predicted octanol–water partition coefficient (Wildman–Crippen LogP) is 13.9. The molecule has 49 heavy (non-hydrogen) atoms. The summed E-state index contributed by atoms with van der Waals surface area (Å²) in [6.07, 6.45) is 0. The monoisotopic (exact) mass is 643 g/mol. The number of hydrogen-bond acceptors (Lipinski definition) is 3. The summed E-state index contributed by atoms with van der Waals surface area (Å²) >= 11 is 1.85. The molecule has 0 saturated heterocycles. The highest BCUT2D eigenvalue weighted by molar-refractivity contribution is 7.25. The number of nitrogens with zero attached hydrogens (tertiary/aromatic N) is 1. The van der Waals surface area contributed by atoms with Crippen molar-refractivity contribution in [3.63, 3.8) is 0 Å². The van der Waals surface area contributed by atoms with Gasteiger partial charge in [-0.05, 0) is 106 Å². The van der Waals surface area contributed by atoms with Crippen LogP contribution in [0.3, 0.4) is 0 Å². The number of rotatable bonds is 5. The zero-order valence-corrected chi connectivity index (χ0v) is 27.3. The molecule has 2 heterocycles. The number of furan rings is 1. The van der Waals surface area contributed by atoms with Gasteiger partial charge in [0.15, 0.2) is 0 Å². The molecule has 0 saturated carbocycles. The van der Waals surface area contributed by atoms with Gasteiger partial charge >= 0.3 is 0 Å². The minimum atomic E-state index is 0.894. The van der Waals surface area contributed by atoms with Crippen LogP contribution < -0.4 is 4.90 Å². The molecule has 0 unspecified atom stereocenters. The van der Waals surface area contributed by atoms with E-state index >= 15 is 0 Å². The fourth-order valence-corrected chi connectivity index (χ4v) is 8.29. The van der Waals surface area contributed by atoms with E-state index in [2.05, 4.69) is 169 Å². The largest absolute Gasteiger partial charge is 0.456 e. The summed E-state index contributed by atoms with van der Waals surface area (Å²) in [5.41, 5.74) is 9.92. The Morgan fingerprint density at radius 3 is 1.84 bits per heavy atom. The fourth-order valence-electron chi connectivity index (χ4n) is 7.20. The molecule has 0 N–H and O–H groups in total. The average molecular weight is 644 g/mol. The molecular weight excluding hydrogens is 615 g/mol. The van der Waals surface area contributed by atoms with Gasteiger partial charge in [0.2, 0.25) is 0 Å². The van der Waals surface area contributed by atoms with E-state index in [-0.39, 0.29) is 0 Å². The van der Waals surface area contributed by atoms with Gasteiger partial charge in [-0.3, -0.25) is 0 Å². The molecule has 0 amide bonds. The normalized spacial score (nSPS) is 11.7. The van der Waals surface area contributed by atoms with Crippen molar-refractivity contribution in [1.29, 1.82) is 0 Å². The zero-order chi connectivity index (χ0) is 32.3. The van der Waals surface area contributed by atoms with Crippen LogP contribution >= 0.6 is 11.3 Å². The Bertz CT molecular complexity index is 2730. The van der Waals surface area contributed by atoms with Crippen LogP contribution in [0.15, 0.2) is 180 Å². The number of para-hydroxylation sites is 1. The molecule has 0 spiro atoms. The van der Waals surface area contributed by atoms with Crippen molar-refractivity contribution in [2.45, 2.75) is 0 Å². The lowest BCUT2D eigenvalue weighted by Crippen LogP contribution is -2.09. The van der Waals surface area contributed by atoms with Crippen molar-refractivity contribution in [2.24, 2.45) is 0 Å². The van der Waals surface area contributed by atoms with E-state index in [1.165, 1.54) is 53.2 Å². The van der Waals surface area contributed by atoms with Crippen LogP contribution in [-0.2, 0) is 0 Å². The van der Waals surface area contributed by atoms with Crippen LogP contribution in [0.4, 0.5) is 17.1 Å². The number of fused-ring (bicyclic) bond motifs is 7. The molecule has 0 bridgehead atoms. The van der Waals surface area contributed by atoms with Crippen molar-refractivity contribution in [3.8, 4) is 22.3 Å². The van der Waals surface area contributed by atoms with Crippen molar-refractivity contribution >= 4 is 81.3 Å². The summed E-state index contributed by atoms with van der Waals surface area (Å²) in [5, 5.41) is 7.32. The highest BCUT2D eigenvalue weighted by Crippen LogP contribution is 2.42. The molecule has 0 aliphatic carbocycles. The van der Waals surface area contributed by atoms with E-state index < -0.39 is 0 Å². The highest BCUT2D eigenvalue weighted by Gasteiger charge is 2.17. The second-order valence-electron chi connectivity index (χ2n) is 12.6. The van der Waals surface area contributed by atoms with Crippen molar-refractivity contribution < 1.29 is 4.42 Å². The topological polar surface area (TPSA) is 16.4 Å². The van der Waals surface area contributed by atoms with E-state index in [0.717, 1.165) is 39.0 Å². The summed E-state index contributed by atoms with van der Waals surface area (Å²) in [7, 11) is 0. The van der Waals surface area contributed by atoms with E-state index in [0.29, 0.717) is 0 Å². The van der Waals surface area contributed by atoms with Gasteiger partial charge in [-0.15, -0.1) is 11.3 Å². The molecule has 230 valence electrons. The Balaban J connectivity index is 1.09. The Hall–Kier alpha value is -6.16. The van der Waals surface area contributed by atoms with Gasteiger partial charge in [0.05, 0.1) is 0 Å². The average Bonchev–Trinajstić information content (AvgIpc) is 3.73. The third-order valence-corrected chi connectivity index (χ3v) is 10.8. The zero-order valence-electron chi connectivity index (χ0n) is 26.5. The Kier molecular flexibility index (Phi) is 6.39. The van der Waals surface area contributed by atoms with Crippen molar-refractivity contribution in [2.75, 3.05) is 4.90 Å². The van der Waals surface area contributed by atoms with Crippen LogP contribution in [-0.4, -0.2) is 0 Å². The molecule has 0 aliphatic rings. The molecule has 10 rings (SSSR count). The SMILES string of the molecule is c1cc(-c2ccc(N(c3ccc4oc5ccccc5c4c3)c3ccc4sc5ccccc5c4c3)cc2)cc(-c2ccc3ccccc3c2)c1. The Morgan fingerprint density at radius 2 is 0.959 bits per heavy atom. The second-order valence-corrected chi connectivity index (χ2v) is 13.7. The van der Waals surface area contributed by atoms with Crippen LogP contribution in [0.25, 0.3) is 75.1 Å². The summed E-state index contributed by atoms with van der Waals surface area (Å²) < 4.78 is 8.81. The van der Waals surface area contributed by atoms with Crippen molar-refractivity contribution in [1.82, 2.24) is 0 Å². The number of anilines is 3. The minimum Gasteiger partial charge on any atom is -0.456 e. The van der Waals surface area contributed by atoms with Gasteiger partial charge in [0.1, 0.15) is 11.2 Å². The maximum absolute atomic E-state index is 6.20. The van der Waals surface area contributed by atoms with Gasteiger partial charge in [-0.25, -0.2) is 0 Å². The Morgan fingerprint density at radius 1 is 0.347 bits per heavy atom. The third kappa shape index (κ3) is 4.78.